The smallest absolute Gasteiger partial charge is 0.145 e. The van der Waals surface area contributed by atoms with E-state index in [2.05, 4.69) is 247 Å². The molecule has 2 aromatic heterocycles. The van der Waals surface area contributed by atoms with E-state index in [0.717, 1.165) is 73.3 Å². The van der Waals surface area contributed by atoms with E-state index in [9.17, 15) is 0 Å². The van der Waals surface area contributed by atoms with Crippen LogP contribution in [0, 0.1) is 0 Å². The van der Waals surface area contributed by atoms with Gasteiger partial charge in [-0.2, -0.15) is 0 Å². The summed E-state index contributed by atoms with van der Waals surface area (Å²) in [5.74, 6) is 2.62. The summed E-state index contributed by atoms with van der Waals surface area (Å²) < 4.78 is 4.62. The number of imidazole rings is 2. The number of hydrogen-bond donors (Lipinski definition) is 0. The molecule has 1 aliphatic carbocycles. The Balaban J connectivity index is 1.24. The fraction of sp³-hybridized carbons (Fsp3) is 0.259. The molecule has 0 spiro atoms. The van der Waals surface area contributed by atoms with Crippen molar-refractivity contribution < 1.29 is 0 Å². The zero-order chi connectivity index (χ0) is 44.8. The fourth-order valence-electron chi connectivity index (χ4n) is 9.38. The first-order valence-electron chi connectivity index (χ1n) is 22.7. The molecule has 0 N–H and O–H groups in total. The van der Waals surface area contributed by atoms with Gasteiger partial charge in [-0.05, 0) is 119 Å². The Hall–Kier alpha value is -6.79. The highest BCUT2D eigenvalue weighted by Gasteiger charge is 2.44. The number of aromatic nitrogens is 4. The molecule has 8 aromatic rings. The predicted molar refractivity (Wildman–Crippen MR) is 269 cm³/mol. The second-order valence-electron chi connectivity index (χ2n) is 20.9. The van der Waals surface area contributed by atoms with Crippen LogP contribution in [0.4, 0.5) is 5.69 Å². The maximum absolute atomic E-state index is 5.67. The molecular formula is C58H58N6. The third-order valence-corrected chi connectivity index (χ3v) is 13.1. The molecule has 320 valence electrons. The lowest BCUT2D eigenvalue weighted by molar-refractivity contribution is 0.549. The average Bonchev–Trinajstić information content (AvgIpc) is 3.95. The van der Waals surface area contributed by atoms with Gasteiger partial charge in [0.15, 0.2) is 0 Å². The normalized spacial score (nSPS) is 17.7. The lowest BCUT2D eigenvalue weighted by Gasteiger charge is -2.34. The number of nitrogens with zero attached hydrogens (tertiary/aromatic N) is 6. The topological polar surface area (TPSA) is 51.2 Å². The van der Waals surface area contributed by atoms with Gasteiger partial charge in [-0.15, -0.1) is 0 Å². The second-order valence-corrected chi connectivity index (χ2v) is 20.9. The van der Waals surface area contributed by atoms with Crippen LogP contribution < -0.4 is 4.90 Å². The highest BCUT2D eigenvalue weighted by Crippen LogP contribution is 2.42. The van der Waals surface area contributed by atoms with Gasteiger partial charge in [-0.25, -0.2) is 9.97 Å². The van der Waals surface area contributed by atoms with Gasteiger partial charge in [0.25, 0.3) is 0 Å². The number of amidine groups is 1. The average molecular weight is 839 g/mol. The molecular weight excluding hydrogens is 781 g/mol. The van der Waals surface area contributed by atoms with Gasteiger partial charge in [-0.1, -0.05) is 147 Å². The van der Waals surface area contributed by atoms with Gasteiger partial charge < -0.3 is 4.90 Å². The molecule has 0 amide bonds. The quantitative estimate of drug-likeness (QED) is 0.168. The van der Waals surface area contributed by atoms with Crippen molar-refractivity contribution >= 4 is 33.6 Å². The molecule has 2 atom stereocenters. The summed E-state index contributed by atoms with van der Waals surface area (Å²) in [4.78, 5) is 19.0. The van der Waals surface area contributed by atoms with Crippen molar-refractivity contribution in [3.63, 3.8) is 0 Å². The molecule has 0 bridgehead atoms. The summed E-state index contributed by atoms with van der Waals surface area (Å²) in [5.41, 5.74) is 13.6. The molecule has 2 aliphatic rings. The molecule has 6 aromatic carbocycles. The minimum atomic E-state index is -0.479. The van der Waals surface area contributed by atoms with E-state index in [-0.39, 0.29) is 22.3 Å². The number of fused-ring (bicyclic) bond motifs is 3. The molecule has 2 unspecified atom stereocenters. The third kappa shape index (κ3) is 7.19. The van der Waals surface area contributed by atoms with Gasteiger partial charge in [-0.3, -0.25) is 14.1 Å². The van der Waals surface area contributed by atoms with Crippen LogP contribution in [0.25, 0.3) is 56.2 Å². The standard InChI is InChI=1S/C58H58N6/c1-55(2,3)41-22-28-44(29-23-41)62-49-19-13-11-17-47(49)59-52(62)38-35-39(53-60-48-18-12-14-20-50(48)63(53)45-30-24-42(25-31-45)56(4,5)6)37-40(36-38)54-61-58(10)34-16-15-21-51(58)64(54)46-32-26-43(27-33-46)57(7,8)9/h11-37,51H,1-10H3. The van der Waals surface area contributed by atoms with E-state index in [0.29, 0.717) is 0 Å². The van der Waals surface area contributed by atoms with E-state index in [1.54, 1.807) is 0 Å². The monoisotopic (exact) mass is 838 g/mol. The van der Waals surface area contributed by atoms with Crippen molar-refractivity contribution in [1.82, 2.24) is 19.1 Å². The summed E-state index contributed by atoms with van der Waals surface area (Å²) in [7, 11) is 0. The van der Waals surface area contributed by atoms with E-state index < -0.39 is 5.54 Å². The van der Waals surface area contributed by atoms with Crippen molar-refractivity contribution in [3.05, 3.63) is 186 Å². The molecule has 0 fully saturated rings. The first-order chi connectivity index (χ1) is 30.5. The summed E-state index contributed by atoms with van der Waals surface area (Å²) in [5, 5.41) is 0. The predicted octanol–water partition coefficient (Wildman–Crippen LogP) is 14.1. The highest BCUT2D eigenvalue weighted by molar-refractivity contribution is 6.14. The number of anilines is 1. The Kier molecular flexibility index (Phi) is 9.60. The Morgan fingerprint density at radius 2 is 0.875 bits per heavy atom. The number of benzene rings is 6. The van der Waals surface area contributed by atoms with Crippen LogP contribution in [0.3, 0.4) is 0 Å². The van der Waals surface area contributed by atoms with Gasteiger partial charge in [0.2, 0.25) is 0 Å². The zero-order valence-electron chi connectivity index (χ0n) is 38.8. The minimum Gasteiger partial charge on any atom is -0.316 e. The molecule has 6 heteroatoms. The molecule has 1 aliphatic heterocycles. The summed E-state index contributed by atoms with van der Waals surface area (Å²) in [6.45, 7) is 22.6. The lowest BCUT2D eigenvalue weighted by Crippen LogP contribution is -2.44. The van der Waals surface area contributed by atoms with Gasteiger partial charge in [0, 0.05) is 33.8 Å². The molecule has 3 heterocycles. The number of allylic oxidation sites excluding steroid dienone is 2. The van der Waals surface area contributed by atoms with E-state index in [4.69, 9.17) is 15.0 Å². The maximum Gasteiger partial charge on any atom is 0.145 e. The van der Waals surface area contributed by atoms with Crippen molar-refractivity contribution in [2.45, 2.75) is 97.1 Å². The molecule has 10 rings (SSSR count). The Morgan fingerprint density at radius 3 is 1.31 bits per heavy atom. The van der Waals surface area contributed by atoms with Crippen LogP contribution in [0.2, 0.25) is 0 Å². The van der Waals surface area contributed by atoms with Crippen LogP contribution in [0.5, 0.6) is 0 Å². The largest absolute Gasteiger partial charge is 0.316 e. The first-order valence-corrected chi connectivity index (χ1v) is 22.7. The van der Waals surface area contributed by atoms with Crippen LogP contribution in [-0.2, 0) is 16.2 Å². The van der Waals surface area contributed by atoms with Crippen molar-refractivity contribution in [2.24, 2.45) is 4.99 Å². The fourth-order valence-corrected chi connectivity index (χ4v) is 9.38. The second kappa shape index (κ2) is 14.9. The zero-order valence-corrected chi connectivity index (χ0v) is 38.8. The molecule has 6 nitrogen and oxygen atoms in total. The van der Waals surface area contributed by atoms with Gasteiger partial charge in [0.1, 0.15) is 23.0 Å². The maximum atomic E-state index is 5.67. The van der Waals surface area contributed by atoms with E-state index in [1.165, 1.54) is 16.7 Å². The lowest BCUT2D eigenvalue weighted by atomic mass is 9.86. The van der Waals surface area contributed by atoms with Gasteiger partial charge >= 0.3 is 0 Å². The van der Waals surface area contributed by atoms with Crippen LogP contribution in [0.15, 0.2) is 169 Å². The summed E-state index contributed by atoms with van der Waals surface area (Å²) >= 11 is 0. The van der Waals surface area contributed by atoms with Crippen LogP contribution >= 0.6 is 0 Å². The molecule has 0 saturated heterocycles. The SMILES string of the molecule is CC(C)(C)c1ccc(N2C(c3cc(-c4nc5ccccc5n4-c4ccc(C(C)(C)C)cc4)cc(-c4nc5ccccc5n4-c4ccc(C(C)(C)C)cc4)c3)=NC3(C)C=CC=CC23)cc1. The van der Waals surface area contributed by atoms with Crippen LogP contribution in [-0.4, -0.2) is 36.5 Å². The summed E-state index contributed by atoms with van der Waals surface area (Å²) in [6.07, 6.45) is 8.82. The van der Waals surface area contributed by atoms with E-state index >= 15 is 0 Å². The van der Waals surface area contributed by atoms with Crippen molar-refractivity contribution in [2.75, 3.05) is 4.90 Å². The number of para-hydroxylation sites is 4. The molecule has 0 saturated carbocycles. The number of aliphatic imine (C=N–C) groups is 1. The third-order valence-electron chi connectivity index (χ3n) is 13.1. The van der Waals surface area contributed by atoms with E-state index in [1.807, 2.05) is 0 Å². The Bertz CT molecular complexity index is 3000. The van der Waals surface area contributed by atoms with Crippen LogP contribution in [0.1, 0.15) is 91.5 Å². The van der Waals surface area contributed by atoms with Crippen molar-refractivity contribution in [3.8, 4) is 34.2 Å². The molecule has 0 radical (unpaired) electrons. The number of rotatable bonds is 6. The Morgan fingerprint density at radius 1 is 0.469 bits per heavy atom. The number of hydrogen-bond acceptors (Lipinski definition) is 4. The van der Waals surface area contributed by atoms with Gasteiger partial charge in [0.05, 0.1) is 28.1 Å². The van der Waals surface area contributed by atoms with Crippen molar-refractivity contribution in [1.29, 1.82) is 0 Å². The summed E-state index contributed by atoms with van der Waals surface area (Å²) in [6, 6.07) is 50.8. The first kappa shape index (κ1) is 41.2. The Labute approximate surface area is 378 Å². The molecule has 64 heavy (non-hydrogen) atoms. The minimum absolute atomic E-state index is 0.0168. The highest BCUT2D eigenvalue weighted by atomic mass is 15.3.